The van der Waals surface area contributed by atoms with Crippen molar-refractivity contribution in [1.29, 1.82) is 0 Å². The minimum Gasteiger partial charge on any atom is -0.293 e. The Hall–Kier alpha value is -0.900. The smallest absolute Gasteiger partial charge is 0.175 e. The van der Waals surface area contributed by atoms with Gasteiger partial charge in [-0.05, 0) is 24.3 Å². The molecule has 0 unspecified atom stereocenters. The van der Waals surface area contributed by atoms with E-state index in [0.717, 1.165) is 24.3 Å². The molecule has 0 radical (unpaired) electrons. The first-order chi connectivity index (χ1) is 7.15. The fraction of sp³-hybridized carbons (Fsp3) is 0.364. The molecule has 1 aromatic rings. The molecule has 0 bridgehead atoms. The Morgan fingerprint density at radius 1 is 1.40 bits per heavy atom. The molecule has 0 aliphatic rings. The molecule has 0 spiro atoms. The molecule has 0 atom stereocenters. The van der Waals surface area contributed by atoms with Gasteiger partial charge in [0.05, 0.1) is 11.3 Å². The summed E-state index contributed by atoms with van der Waals surface area (Å²) in [4.78, 5) is 11.5. The molecule has 1 aromatic carbocycles. The SMILES string of the molecule is CCCSCC(=O)c1ccc(F)cc1F. The summed E-state index contributed by atoms with van der Waals surface area (Å²) < 4.78 is 25.7. The van der Waals surface area contributed by atoms with E-state index in [0.29, 0.717) is 0 Å². The second-order valence-electron chi connectivity index (χ2n) is 3.10. The number of halogens is 2. The fourth-order valence-corrected chi connectivity index (χ4v) is 1.88. The Balaban J connectivity index is 2.65. The van der Waals surface area contributed by atoms with Crippen molar-refractivity contribution in [2.75, 3.05) is 11.5 Å². The molecule has 0 aliphatic carbocycles. The van der Waals surface area contributed by atoms with Crippen LogP contribution in [0.4, 0.5) is 8.78 Å². The molecular formula is C11H12F2OS. The van der Waals surface area contributed by atoms with Gasteiger partial charge in [-0.15, -0.1) is 0 Å². The number of hydrogen-bond acceptors (Lipinski definition) is 2. The number of ketones is 1. The van der Waals surface area contributed by atoms with E-state index in [1.807, 2.05) is 6.92 Å². The summed E-state index contributed by atoms with van der Waals surface area (Å²) >= 11 is 1.46. The van der Waals surface area contributed by atoms with Gasteiger partial charge in [0.25, 0.3) is 0 Å². The third-order valence-electron chi connectivity index (χ3n) is 1.81. The van der Waals surface area contributed by atoms with E-state index in [2.05, 4.69) is 0 Å². The fourth-order valence-electron chi connectivity index (χ4n) is 1.10. The number of Topliss-reactive ketones (excluding diaryl/α,β-unsaturated/α-hetero) is 1. The van der Waals surface area contributed by atoms with Gasteiger partial charge in [0.15, 0.2) is 5.78 Å². The van der Waals surface area contributed by atoms with Gasteiger partial charge in [0, 0.05) is 6.07 Å². The lowest BCUT2D eigenvalue weighted by Gasteiger charge is -2.02. The number of rotatable bonds is 5. The standard InChI is InChI=1S/C11H12F2OS/c1-2-5-15-7-11(14)9-4-3-8(12)6-10(9)13/h3-4,6H,2,5,7H2,1H3. The van der Waals surface area contributed by atoms with Crippen LogP contribution in [0.1, 0.15) is 23.7 Å². The average Bonchev–Trinajstić information content (AvgIpc) is 2.17. The molecule has 0 saturated heterocycles. The van der Waals surface area contributed by atoms with E-state index in [-0.39, 0.29) is 17.1 Å². The van der Waals surface area contributed by atoms with Gasteiger partial charge in [0.1, 0.15) is 11.6 Å². The van der Waals surface area contributed by atoms with Gasteiger partial charge in [-0.25, -0.2) is 8.78 Å². The van der Waals surface area contributed by atoms with E-state index < -0.39 is 11.6 Å². The Labute approximate surface area is 91.9 Å². The molecule has 4 heteroatoms. The summed E-state index contributed by atoms with van der Waals surface area (Å²) in [5, 5.41) is 0. The molecule has 0 N–H and O–H groups in total. The topological polar surface area (TPSA) is 17.1 Å². The van der Waals surface area contributed by atoms with Crippen LogP contribution >= 0.6 is 11.8 Å². The molecule has 1 rings (SSSR count). The molecule has 0 amide bonds. The van der Waals surface area contributed by atoms with E-state index in [1.165, 1.54) is 17.8 Å². The largest absolute Gasteiger partial charge is 0.293 e. The van der Waals surface area contributed by atoms with E-state index in [9.17, 15) is 13.6 Å². The van der Waals surface area contributed by atoms with Crippen LogP contribution in [0, 0.1) is 11.6 Å². The maximum atomic E-state index is 13.1. The summed E-state index contributed by atoms with van der Waals surface area (Å²) in [6, 6.07) is 3.03. The van der Waals surface area contributed by atoms with Crippen molar-refractivity contribution in [1.82, 2.24) is 0 Å². The minimum atomic E-state index is -0.780. The number of carbonyl (C=O) groups excluding carboxylic acids is 1. The van der Waals surface area contributed by atoms with Crippen molar-refractivity contribution >= 4 is 17.5 Å². The minimum absolute atomic E-state index is 0.0278. The van der Waals surface area contributed by atoms with Crippen molar-refractivity contribution in [3.8, 4) is 0 Å². The van der Waals surface area contributed by atoms with Crippen molar-refractivity contribution < 1.29 is 13.6 Å². The zero-order valence-corrected chi connectivity index (χ0v) is 9.24. The Morgan fingerprint density at radius 3 is 2.73 bits per heavy atom. The summed E-state index contributed by atoms with van der Waals surface area (Å²) in [5.41, 5.74) is -0.0278. The Bertz CT molecular complexity index is 352. The van der Waals surface area contributed by atoms with Crippen LogP contribution in [0.3, 0.4) is 0 Å². The van der Waals surface area contributed by atoms with E-state index in [1.54, 1.807) is 0 Å². The highest BCUT2D eigenvalue weighted by molar-refractivity contribution is 7.99. The molecule has 0 aliphatic heterocycles. The highest BCUT2D eigenvalue weighted by Crippen LogP contribution is 2.13. The maximum Gasteiger partial charge on any atom is 0.175 e. The van der Waals surface area contributed by atoms with Crippen LogP contribution in [-0.4, -0.2) is 17.3 Å². The molecule has 15 heavy (non-hydrogen) atoms. The summed E-state index contributed by atoms with van der Waals surface area (Å²) in [5.74, 6) is -0.612. The van der Waals surface area contributed by atoms with Crippen LogP contribution < -0.4 is 0 Å². The van der Waals surface area contributed by atoms with Gasteiger partial charge in [-0.1, -0.05) is 6.92 Å². The molecule has 0 saturated carbocycles. The Morgan fingerprint density at radius 2 is 2.13 bits per heavy atom. The molecule has 1 nitrogen and oxygen atoms in total. The second-order valence-corrected chi connectivity index (χ2v) is 4.21. The maximum absolute atomic E-state index is 13.1. The van der Waals surface area contributed by atoms with Gasteiger partial charge in [-0.2, -0.15) is 11.8 Å². The van der Waals surface area contributed by atoms with E-state index in [4.69, 9.17) is 0 Å². The van der Waals surface area contributed by atoms with Crippen LogP contribution in [0.5, 0.6) is 0 Å². The predicted molar refractivity (Wildman–Crippen MR) is 58.3 cm³/mol. The summed E-state index contributed by atoms with van der Waals surface area (Å²) in [6.45, 7) is 2.01. The Kier molecular flexibility index (Phi) is 4.75. The molecule has 0 aromatic heterocycles. The van der Waals surface area contributed by atoms with Crippen LogP contribution in [0.15, 0.2) is 18.2 Å². The van der Waals surface area contributed by atoms with Crippen LogP contribution in [-0.2, 0) is 0 Å². The van der Waals surface area contributed by atoms with Crippen LogP contribution in [0.25, 0.3) is 0 Å². The normalized spacial score (nSPS) is 10.3. The van der Waals surface area contributed by atoms with Gasteiger partial charge < -0.3 is 0 Å². The molecule has 0 heterocycles. The number of thioether (sulfide) groups is 1. The van der Waals surface area contributed by atoms with Gasteiger partial charge >= 0.3 is 0 Å². The lowest BCUT2D eigenvalue weighted by Crippen LogP contribution is -2.06. The van der Waals surface area contributed by atoms with Gasteiger partial charge in [-0.3, -0.25) is 4.79 Å². The van der Waals surface area contributed by atoms with Crippen molar-refractivity contribution in [3.05, 3.63) is 35.4 Å². The van der Waals surface area contributed by atoms with Crippen LogP contribution in [0.2, 0.25) is 0 Å². The summed E-state index contributed by atoms with van der Waals surface area (Å²) in [6.07, 6.45) is 0.976. The molecular weight excluding hydrogens is 218 g/mol. The third-order valence-corrected chi connectivity index (χ3v) is 2.98. The molecule has 82 valence electrons. The number of carbonyl (C=O) groups is 1. The number of benzene rings is 1. The van der Waals surface area contributed by atoms with E-state index >= 15 is 0 Å². The highest BCUT2D eigenvalue weighted by Gasteiger charge is 2.11. The lowest BCUT2D eigenvalue weighted by atomic mass is 10.1. The summed E-state index contributed by atoms with van der Waals surface area (Å²) in [7, 11) is 0. The lowest BCUT2D eigenvalue weighted by molar-refractivity contribution is 0.101. The predicted octanol–water partition coefficient (Wildman–Crippen LogP) is 3.29. The number of hydrogen-bond donors (Lipinski definition) is 0. The first-order valence-corrected chi connectivity index (χ1v) is 5.86. The second kappa shape index (κ2) is 5.85. The van der Waals surface area contributed by atoms with Gasteiger partial charge in [0.2, 0.25) is 0 Å². The first kappa shape index (κ1) is 12.2. The zero-order chi connectivity index (χ0) is 11.3. The van der Waals surface area contributed by atoms with Crippen molar-refractivity contribution in [3.63, 3.8) is 0 Å². The van der Waals surface area contributed by atoms with Crippen molar-refractivity contribution in [2.45, 2.75) is 13.3 Å². The molecule has 0 fully saturated rings. The highest BCUT2D eigenvalue weighted by atomic mass is 32.2. The zero-order valence-electron chi connectivity index (χ0n) is 8.43. The first-order valence-electron chi connectivity index (χ1n) is 4.71. The average molecular weight is 230 g/mol. The quantitative estimate of drug-likeness (QED) is 0.570. The van der Waals surface area contributed by atoms with Crippen molar-refractivity contribution in [2.24, 2.45) is 0 Å². The third kappa shape index (κ3) is 3.63. The monoisotopic (exact) mass is 230 g/mol.